The topological polar surface area (TPSA) is 66.8 Å². The van der Waals surface area contributed by atoms with Crippen molar-refractivity contribution in [2.24, 2.45) is 0 Å². The first kappa shape index (κ1) is 19.4. The Bertz CT molecular complexity index is 655. The van der Waals surface area contributed by atoms with Crippen LogP contribution in [0, 0.1) is 0 Å². The van der Waals surface area contributed by atoms with Gasteiger partial charge in [0.2, 0.25) is 0 Å². The SMILES string of the molecule is CC(C)(C)OC(=O)N1C(c2ccc(C(F)(F)F)cc2)SC[C@H]1C(=O)O. The van der Waals surface area contributed by atoms with Crippen molar-refractivity contribution in [2.45, 2.75) is 44.0 Å². The standard InChI is InChI=1S/C16H18F3NO4S/c1-15(2,3)24-14(23)20-11(13(21)22)8-25-12(20)9-4-6-10(7-5-9)16(17,18)19/h4-7,11-12H,8H2,1-3H3,(H,21,22)/t11-,12?/m0/s1. The van der Waals surface area contributed by atoms with Crippen molar-refractivity contribution < 1.29 is 32.6 Å². The quantitative estimate of drug-likeness (QED) is 0.839. The molecule has 1 saturated heterocycles. The minimum atomic E-state index is -4.46. The van der Waals surface area contributed by atoms with Gasteiger partial charge in [0.15, 0.2) is 0 Å². The zero-order valence-corrected chi connectivity index (χ0v) is 14.6. The predicted octanol–water partition coefficient (Wildman–Crippen LogP) is 4.14. The van der Waals surface area contributed by atoms with Crippen molar-refractivity contribution in [2.75, 3.05) is 5.75 Å². The van der Waals surface area contributed by atoms with Crippen LogP contribution in [-0.2, 0) is 15.7 Å². The molecule has 0 aromatic heterocycles. The molecule has 1 heterocycles. The molecular weight excluding hydrogens is 359 g/mol. The third-order valence-corrected chi connectivity index (χ3v) is 4.74. The van der Waals surface area contributed by atoms with E-state index >= 15 is 0 Å². The molecule has 1 amide bonds. The fraction of sp³-hybridized carbons (Fsp3) is 0.500. The monoisotopic (exact) mass is 377 g/mol. The van der Waals surface area contributed by atoms with Crippen molar-refractivity contribution in [3.8, 4) is 0 Å². The average Bonchev–Trinajstić information content (AvgIpc) is 2.89. The van der Waals surface area contributed by atoms with E-state index in [4.69, 9.17) is 4.74 Å². The van der Waals surface area contributed by atoms with E-state index in [9.17, 15) is 27.9 Å². The Morgan fingerprint density at radius 1 is 1.20 bits per heavy atom. The van der Waals surface area contributed by atoms with Crippen LogP contribution in [0.15, 0.2) is 24.3 Å². The summed E-state index contributed by atoms with van der Waals surface area (Å²) in [6.07, 6.45) is -5.27. The van der Waals surface area contributed by atoms with Crippen molar-refractivity contribution >= 4 is 23.8 Å². The second-order valence-electron chi connectivity index (χ2n) is 6.55. The second kappa shape index (κ2) is 6.78. The summed E-state index contributed by atoms with van der Waals surface area (Å²) in [7, 11) is 0. The molecule has 0 spiro atoms. The van der Waals surface area contributed by atoms with Gasteiger partial charge < -0.3 is 9.84 Å². The Kier molecular flexibility index (Phi) is 5.27. The first-order valence-corrected chi connectivity index (χ1v) is 8.48. The molecule has 138 valence electrons. The molecule has 0 aliphatic carbocycles. The maximum Gasteiger partial charge on any atom is 0.416 e. The molecule has 1 N–H and O–H groups in total. The minimum Gasteiger partial charge on any atom is -0.480 e. The zero-order chi connectivity index (χ0) is 19.0. The maximum atomic E-state index is 12.7. The maximum absolute atomic E-state index is 12.7. The van der Waals surface area contributed by atoms with Crippen LogP contribution in [0.5, 0.6) is 0 Å². The molecule has 5 nitrogen and oxygen atoms in total. The summed E-state index contributed by atoms with van der Waals surface area (Å²) in [5, 5.41) is 8.61. The predicted molar refractivity (Wildman–Crippen MR) is 86.1 cm³/mol. The van der Waals surface area contributed by atoms with E-state index in [-0.39, 0.29) is 5.75 Å². The van der Waals surface area contributed by atoms with Gasteiger partial charge in [-0.05, 0) is 38.5 Å². The summed E-state index contributed by atoms with van der Waals surface area (Å²) in [4.78, 5) is 24.9. The third-order valence-electron chi connectivity index (χ3n) is 3.41. The number of nitrogens with zero attached hydrogens (tertiary/aromatic N) is 1. The van der Waals surface area contributed by atoms with Crippen molar-refractivity contribution in [1.82, 2.24) is 4.90 Å². The van der Waals surface area contributed by atoms with E-state index in [1.54, 1.807) is 20.8 Å². The first-order valence-electron chi connectivity index (χ1n) is 7.43. The van der Waals surface area contributed by atoms with E-state index in [0.717, 1.165) is 17.0 Å². The molecule has 1 aromatic rings. The normalized spacial score (nSPS) is 21.3. The fourth-order valence-electron chi connectivity index (χ4n) is 2.33. The molecule has 25 heavy (non-hydrogen) atoms. The smallest absolute Gasteiger partial charge is 0.416 e. The van der Waals surface area contributed by atoms with Crippen LogP contribution in [0.25, 0.3) is 0 Å². The Morgan fingerprint density at radius 2 is 1.76 bits per heavy atom. The number of carboxylic acid groups (broad SMARTS) is 1. The Labute approximate surface area is 147 Å². The van der Waals surface area contributed by atoms with Crippen LogP contribution in [0.4, 0.5) is 18.0 Å². The Hall–Kier alpha value is -1.90. The lowest BCUT2D eigenvalue weighted by atomic mass is 10.1. The molecule has 2 atom stereocenters. The van der Waals surface area contributed by atoms with Gasteiger partial charge in [-0.2, -0.15) is 13.2 Å². The molecule has 1 aliphatic heterocycles. The van der Waals surface area contributed by atoms with Crippen LogP contribution in [0.3, 0.4) is 0 Å². The number of carboxylic acids is 1. The molecule has 1 aromatic carbocycles. The summed E-state index contributed by atoms with van der Waals surface area (Å²) >= 11 is 1.17. The summed E-state index contributed by atoms with van der Waals surface area (Å²) in [6.45, 7) is 4.95. The summed E-state index contributed by atoms with van der Waals surface area (Å²) in [5.74, 6) is -1.06. The molecule has 1 unspecified atom stereocenters. The highest BCUT2D eigenvalue weighted by atomic mass is 32.2. The number of hydrogen-bond acceptors (Lipinski definition) is 4. The van der Waals surface area contributed by atoms with Gasteiger partial charge in [-0.3, -0.25) is 4.90 Å². The van der Waals surface area contributed by atoms with Gasteiger partial charge in [-0.15, -0.1) is 11.8 Å². The van der Waals surface area contributed by atoms with E-state index in [1.807, 2.05) is 0 Å². The summed E-state index contributed by atoms with van der Waals surface area (Å²) < 4.78 is 43.3. The van der Waals surface area contributed by atoms with Crippen LogP contribution in [-0.4, -0.2) is 39.5 Å². The second-order valence-corrected chi connectivity index (χ2v) is 7.66. The van der Waals surface area contributed by atoms with Gasteiger partial charge in [-0.1, -0.05) is 12.1 Å². The van der Waals surface area contributed by atoms with Gasteiger partial charge in [0.05, 0.1) is 5.56 Å². The van der Waals surface area contributed by atoms with Gasteiger partial charge in [0, 0.05) is 5.75 Å². The van der Waals surface area contributed by atoms with Crippen LogP contribution in [0.2, 0.25) is 0 Å². The molecule has 1 aliphatic rings. The lowest BCUT2D eigenvalue weighted by Crippen LogP contribution is -2.45. The largest absolute Gasteiger partial charge is 0.480 e. The highest BCUT2D eigenvalue weighted by Crippen LogP contribution is 2.43. The number of thioether (sulfide) groups is 1. The Balaban J connectivity index is 2.31. The van der Waals surface area contributed by atoms with E-state index in [2.05, 4.69) is 0 Å². The number of hydrogen-bond donors (Lipinski definition) is 1. The van der Waals surface area contributed by atoms with Crippen molar-refractivity contribution in [3.05, 3.63) is 35.4 Å². The number of carbonyl (C=O) groups excluding carboxylic acids is 1. The minimum absolute atomic E-state index is 0.125. The summed E-state index contributed by atoms with van der Waals surface area (Å²) in [5.41, 5.74) is -1.22. The lowest BCUT2D eigenvalue weighted by Gasteiger charge is -2.30. The number of rotatable bonds is 2. The number of aliphatic carboxylic acids is 1. The van der Waals surface area contributed by atoms with Crippen molar-refractivity contribution in [1.29, 1.82) is 0 Å². The molecule has 9 heteroatoms. The molecule has 0 saturated carbocycles. The highest BCUT2D eigenvalue weighted by Gasteiger charge is 2.44. The number of halogens is 3. The van der Waals surface area contributed by atoms with Gasteiger partial charge in [0.25, 0.3) is 0 Å². The van der Waals surface area contributed by atoms with E-state index < -0.39 is 40.8 Å². The average molecular weight is 377 g/mol. The van der Waals surface area contributed by atoms with Crippen LogP contribution in [0.1, 0.15) is 37.3 Å². The van der Waals surface area contributed by atoms with E-state index in [1.165, 1.54) is 23.9 Å². The number of benzene rings is 1. The van der Waals surface area contributed by atoms with Gasteiger partial charge in [-0.25, -0.2) is 9.59 Å². The first-order chi connectivity index (χ1) is 11.4. The molecule has 0 radical (unpaired) electrons. The number of ether oxygens (including phenoxy) is 1. The number of amides is 1. The molecule has 1 fully saturated rings. The molecular formula is C16H18F3NO4S. The van der Waals surface area contributed by atoms with Gasteiger partial charge in [0.1, 0.15) is 17.0 Å². The highest BCUT2D eigenvalue weighted by molar-refractivity contribution is 7.99. The van der Waals surface area contributed by atoms with Crippen LogP contribution >= 0.6 is 11.8 Å². The fourth-order valence-corrected chi connectivity index (χ4v) is 3.74. The molecule has 0 bridgehead atoms. The van der Waals surface area contributed by atoms with Crippen LogP contribution < -0.4 is 0 Å². The van der Waals surface area contributed by atoms with E-state index in [0.29, 0.717) is 5.56 Å². The summed E-state index contributed by atoms with van der Waals surface area (Å²) in [6, 6.07) is 3.23. The van der Waals surface area contributed by atoms with Crippen molar-refractivity contribution in [3.63, 3.8) is 0 Å². The van der Waals surface area contributed by atoms with Gasteiger partial charge >= 0.3 is 18.2 Å². The molecule has 2 rings (SSSR count). The third kappa shape index (κ3) is 4.59. The zero-order valence-electron chi connectivity index (χ0n) is 13.8. The number of alkyl halides is 3. The Morgan fingerprint density at radius 3 is 2.20 bits per heavy atom. The lowest BCUT2D eigenvalue weighted by molar-refractivity contribution is -0.142. The number of carbonyl (C=O) groups is 2.